The Hall–Kier alpha value is -0.680. The molecule has 0 aliphatic carbocycles. The lowest BCUT2D eigenvalue weighted by Gasteiger charge is -2.08. The van der Waals surface area contributed by atoms with Gasteiger partial charge in [0.1, 0.15) is 5.02 Å². The number of rotatable bonds is 1. The SMILES string of the molecule is FC(F)(F)Oc1ncc(Cl)cc1Cl. The molecule has 0 aliphatic rings. The molecule has 13 heavy (non-hydrogen) atoms. The van der Waals surface area contributed by atoms with Crippen molar-refractivity contribution in [3.8, 4) is 5.88 Å². The van der Waals surface area contributed by atoms with Gasteiger partial charge in [-0.3, -0.25) is 0 Å². The first-order valence-electron chi connectivity index (χ1n) is 2.95. The van der Waals surface area contributed by atoms with Crippen LogP contribution in [0.2, 0.25) is 10.0 Å². The Morgan fingerprint density at radius 3 is 2.38 bits per heavy atom. The third-order valence-electron chi connectivity index (χ3n) is 0.986. The van der Waals surface area contributed by atoms with Gasteiger partial charge in [-0.25, -0.2) is 4.98 Å². The van der Waals surface area contributed by atoms with Crippen molar-refractivity contribution in [1.29, 1.82) is 0 Å². The first-order chi connectivity index (χ1) is 5.88. The number of nitrogens with zero attached hydrogens (tertiary/aromatic N) is 1. The van der Waals surface area contributed by atoms with Crippen LogP contribution in [0.4, 0.5) is 13.2 Å². The quantitative estimate of drug-likeness (QED) is 0.740. The molecule has 1 aromatic rings. The monoisotopic (exact) mass is 231 g/mol. The van der Waals surface area contributed by atoms with Crippen molar-refractivity contribution in [1.82, 2.24) is 4.98 Å². The predicted molar refractivity (Wildman–Crippen MR) is 40.9 cm³/mol. The van der Waals surface area contributed by atoms with Gasteiger partial charge in [-0.15, -0.1) is 13.2 Å². The Morgan fingerprint density at radius 1 is 1.31 bits per heavy atom. The van der Waals surface area contributed by atoms with E-state index < -0.39 is 12.2 Å². The van der Waals surface area contributed by atoms with Crippen molar-refractivity contribution in [3.63, 3.8) is 0 Å². The van der Waals surface area contributed by atoms with Crippen LogP contribution in [0.3, 0.4) is 0 Å². The largest absolute Gasteiger partial charge is 0.574 e. The minimum Gasteiger partial charge on any atom is -0.386 e. The zero-order valence-corrected chi connectivity index (χ0v) is 7.41. The normalized spacial score (nSPS) is 11.5. The van der Waals surface area contributed by atoms with Crippen molar-refractivity contribution < 1.29 is 17.9 Å². The summed E-state index contributed by atoms with van der Waals surface area (Å²) in [6, 6.07) is 1.11. The van der Waals surface area contributed by atoms with Crippen molar-refractivity contribution in [3.05, 3.63) is 22.3 Å². The lowest BCUT2D eigenvalue weighted by atomic mass is 10.5. The number of hydrogen-bond acceptors (Lipinski definition) is 2. The third kappa shape index (κ3) is 3.28. The Kier molecular flexibility index (Phi) is 2.87. The van der Waals surface area contributed by atoms with Crippen molar-refractivity contribution in [2.75, 3.05) is 0 Å². The summed E-state index contributed by atoms with van der Waals surface area (Å²) < 4.78 is 38.5. The number of alkyl halides is 3. The predicted octanol–water partition coefficient (Wildman–Crippen LogP) is 3.29. The summed E-state index contributed by atoms with van der Waals surface area (Å²) in [5, 5.41) is -0.149. The molecule has 0 radical (unpaired) electrons. The molecule has 1 rings (SSSR count). The molecule has 7 heteroatoms. The molecule has 0 fully saturated rings. The van der Waals surface area contributed by atoms with Crippen LogP contribution in [0.5, 0.6) is 5.88 Å². The minimum absolute atomic E-state index is 0.138. The summed E-state index contributed by atoms with van der Waals surface area (Å²) >= 11 is 10.8. The van der Waals surface area contributed by atoms with E-state index in [1.165, 1.54) is 0 Å². The fraction of sp³-hybridized carbons (Fsp3) is 0.167. The van der Waals surface area contributed by atoms with Crippen LogP contribution in [0.25, 0.3) is 0 Å². The van der Waals surface area contributed by atoms with E-state index in [9.17, 15) is 13.2 Å². The molecule has 0 aliphatic heterocycles. The lowest BCUT2D eigenvalue weighted by molar-refractivity contribution is -0.276. The summed E-state index contributed by atoms with van der Waals surface area (Å²) in [5.41, 5.74) is 0. The summed E-state index contributed by atoms with van der Waals surface area (Å²) in [7, 11) is 0. The number of hydrogen-bond donors (Lipinski definition) is 0. The van der Waals surface area contributed by atoms with Crippen LogP contribution in [0, 0.1) is 0 Å². The van der Waals surface area contributed by atoms with E-state index in [2.05, 4.69) is 9.72 Å². The van der Waals surface area contributed by atoms with E-state index in [1.54, 1.807) is 0 Å². The maximum atomic E-state index is 11.7. The summed E-state index contributed by atoms with van der Waals surface area (Å²) in [6.45, 7) is 0. The summed E-state index contributed by atoms with van der Waals surface area (Å²) in [4.78, 5) is 3.26. The van der Waals surface area contributed by atoms with Crippen LogP contribution in [-0.4, -0.2) is 11.3 Å². The Bertz CT molecular complexity index is 315. The Labute approximate surface area is 81.2 Å². The third-order valence-corrected chi connectivity index (χ3v) is 1.46. The summed E-state index contributed by atoms with van der Waals surface area (Å²) in [6.07, 6.45) is -3.79. The maximum Gasteiger partial charge on any atom is 0.574 e. The molecule has 0 unspecified atom stereocenters. The molecule has 1 heterocycles. The average Bonchev–Trinajstić information content (AvgIpc) is 1.93. The highest BCUT2D eigenvalue weighted by Crippen LogP contribution is 2.29. The standard InChI is InChI=1S/C6H2Cl2F3NO/c7-3-1-4(8)5(12-2-3)13-6(9,10)11/h1-2H. The molecule has 2 nitrogen and oxygen atoms in total. The molecule has 1 aromatic heterocycles. The smallest absolute Gasteiger partial charge is 0.386 e. The Balaban J connectivity index is 2.90. The van der Waals surface area contributed by atoms with E-state index >= 15 is 0 Å². The second-order valence-corrected chi connectivity index (χ2v) is 2.83. The van der Waals surface area contributed by atoms with Crippen LogP contribution >= 0.6 is 23.2 Å². The van der Waals surface area contributed by atoms with E-state index in [-0.39, 0.29) is 10.0 Å². The zero-order valence-electron chi connectivity index (χ0n) is 5.90. The van der Waals surface area contributed by atoms with E-state index in [0.717, 1.165) is 12.3 Å². The van der Waals surface area contributed by atoms with Gasteiger partial charge in [0.25, 0.3) is 0 Å². The molecule has 0 spiro atoms. The van der Waals surface area contributed by atoms with Gasteiger partial charge in [-0.05, 0) is 6.07 Å². The van der Waals surface area contributed by atoms with Gasteiger partial charge >= 0.3 is 6.36 Å². The lowest BCUT2D eigenvalue weighted by Crippen LogP contribution is -2.18. The molecule has 0 aromatic carbocycles. The van der Waals surface area contributed by atoms with Crippen LogP contribution < -0.4 is 4.74 Å². The van der Waals surface area contributed by atoms with Crippen LogP contribution in [-0.2, 0) is 0 Å². The summed E-state index contributed by atoms with van der Waals surface area (Å²) in [5.74, 6) is -0.710. The first-order valence-corrected chi connectivity index (χ1v) is 3.71. The van der Waals surface area contributed by atoms with E-state index in [1.807, 2.05) is 0 Å². The van der Waals surface area contributed by atoms with Crippen LogP contribution in [0.15, 0.2) is 12.3 Å². The molecular weight excluding hydrogens is 230 g/mol. The second kappa shape index (κ2) is 3.59. The molecule has 0 atom stereocenters. The number of ether oxygens (including phenoxy) is 1. The van der Waals surface area contributed by atoms with E-state index in [0.29, 0.717) is 0 Å². The number of aromatic nitrogens is 1. The highest BCUT2D eigenvalue weighted by molar-refractivity contribution is 6.35. The van der Waals surface area contributed by atoms with Crippen molar-refractivity contribution in [2.24, 2.45) is 0 Å². The molecule has 0 saturated heterocycles. The zero-order chi connectivity index (χ0) is 10.1. The van der Waals surface area contributed by atoms with Crippen molar-refractivity contribution in [2.45, 2.75) is 6.36 Å². The first kappa shape index (κ1) is 10.4. The van der Waals surface area contributed by atoms with Gasteiger partial charge in [0.2, 0.25) is 5.88 Å². The fourth-order valence-electron chi connectivity index (χ4n) is 0.587. The Morgan fingerprint density at radius 2 is 1.92 bits per heavy atom. The second-order valence-electron chi connectivity index (χ2n) is 1.99. The fourth-order valence-corrected chi connectivity index (χ4v) is 1.01. The number of pyridine rings is 1. The molecule has 0 N–H and O–H groups in total. The molecule has 0 amide bonds. The minimum atomic E-state index is -4.80. The van der Waals surface area contributed by atoms with Gasteiger partial charge in [0.05, 0.1) is 5.02 Å². The topological polar surface area (TPSA) is 22.1 Å². The number of halogens is 5. The molecule has 72 valence electrons. The maximum absolute atomic E-state index is 11.7. The molecule has 0 bridgehead atoms. The molecular formula is C6H2Cl2F3NO. The van der Waals surface area contributed by atoms with Crippen molar-refractivity contribution >= 4 is 23.2 Å². The highest BCUT2D eigenvalue weighted by Gasteiger charge is 2.32. The highest BCUT2D eigenvalue weighted by atomic mass is 35.5. The molecule has 0 saturated carbocycles. The van der Waals surface area contributed by atoms with Gasteiger partial charge in [0, 0.05) is 6.20 Å². The average molecular weight is 232 g/mol. The van der Waals surface area contributed by atoms with Gasteiger partial charge in [-0.2, -0.15) is 0 Å². The van der Waals surface area contributed by atoms with Gasteiger partial charge in [-0.1, -0.05) is 23.2 Å². The van der Waals surface area contributed by atoms with E-state index in [4.69, 9.17) is 23.2 Å². The van der Waals surface area contributed by atoms with Crippen LogP contribution in [0.1, 0.15) is 0 Å². The van der Waals surface area contributed by atoms with Gasteiger partial charge < -0.3 is 4.74 Å². The van der Waals surface area contributed by atoms with Gasteiger partial charge in [0.15, 0.2) is 0 Å².